The number of anilines is 1. The molecule has 2 aromatic rings. The maximum Gasteiger partial charge on any atom is 0.417 e. The number of carbonyl (C=O) groups is 1. The fourth-order valence-corrected chi connectivity index (χ4v) is 2.41. The van der Waals surface area contributed by atoms with E-state index >= 15 is 0 Å². The molecule has 3 rings (SSSR count). The number of pyridine rings is 1. The number of hydrogen-bond donors (Lipinski definition) is 1. The SMILES string of the molecule is O=C(Nc1ccc(C(F)(F)F)cn1)C1CC1c1ccccc1. The summed E-state index contributed by atoms with van der Waals surface area (Å²) < 4.78 is 37.3. The highest BCUT2D eigenvalue weighted by Gasteiger charge is 2.43. The lowest BCUT2D eigenvalue weighted by molar-refractivity contribution is -0.137. The summed E-state index contributed by atoms with van der Waals surface area (Å²) in [5.74, 6) is -0.0417. The fraction of sp³-hybridized carbons (Fsp3) is 0.250. The van der Waals surface area contributed by atoms with E-state index in [0.29, 0.717) is 0 Å². The second-order valence-electron chi connectivity index (χ2n) is 5.28. The summed E-state index contributed by atoms with van der Waals surface area (Å²) in [6.45, 7) is 0. The van der Waals surface area contributed by atoms with Crippen LogP contribution in [0.4, 0.5) is 19.0 Å². The number of aromatic nitrogens is 1. The number of amides is 1. The molecule has 2 atom stereocenters. The van der Waals surface area contributed by atoms with Crippen molar-refractivity contribution in [2.24, 2.45) is 5.92 Å². The summed E-state index contributed by atoms with van der Waals surface area (Å²) in [6, 6.07) is 11.8. The van der Waals surface area contributed by atoms with Gasteiger partial charge in [-0.2, -0.15) is 13.2 Å². The molecule has 1 aromatic heterocycles. The Bertz CT molecular complexity index is 668. The molecule has 0 radical (unpaired) electrons. The van der Waals surface area contributed by atoms with Crippen molar-refractivity contribution in [1.29, 1.82) is 0 Å². The highest BCUT2D eigenvalue weighted by atomic mass is 19.4. The van der Waals surface area contributed by atoms with Crippen LogP contribution in [0.5, 0.6) is 0 Å². The maximum atomic E-state index is 12.4. The minimum absolute atomic E-state index is 0.136. The molecule has 1 aromatic carbocycles. The molecule has 1 aliphatic carbocycles. The van der Waals surface area contributed by atoms with E-state index in [1.807, 2.05) is 30.3 Å². The lowest BCUT2D eigenvalue weighted by Gasteiger charge is -2.08. The van der Waals surface area contributed by atoms with Crippen molar-refractivity contribution in [2.45, 2.75) is 18.5 Å². The summed E-state index contributed by atoms with van der Waals surface area (Å²) in [4.78, 5) is 15.7. The Hall–Kier alpha value is -2.37. The van der Waals surface area contributed by atoms with Gasteiger partial charge < -0.3 is 5.32 Å². The quantitative estimate of drug-likeness (QED) is 0.936. The summed E-state index contributed by atoms with van der Waals surface area (Å²) in [6.07, 6.45) is -2.96. The monoisotopic (exact) mass is 306 g/mol. The van der Waals surface area contributed by atoms with E-state index in [0.717, 1.165) is 24.2 Å². The van der Waals surface area contributed by atoms with Crippen molar-refractivity contribution >= 4 is 11.7 Å². The van der Waals surface area contributed by atoms with Gasteiger partial charge in [0, 0.05) is 12.1 Å². The van der Waals surface area contributed by atoms with Crippen LogP contribution in [0.25, 0.3) is 0 Å². The Labute approximate surface area is 125 Å². The number of nitrogens with one attached hydrogen (secondary N) is 1. The maximum absolute atomic E-state index is 12.4. The number of benzene rings is 1. The lowest BCUT2D eigenvalue weighted by Crippen LogP contribution is -2.16. The third-order valence-corrected chi connectivity index (χ3v) is 3.70. The minimum Gasteiger partial charge on any atom is -0.310 e. The van der Waals surface area contributed by atoms with Crippen molar-refractivity contribution in [2.75, 3.05) is 5.32 Å². The van der Waals surface area contributed by atoms with Gasteiger partial charge in [-0.05, 0) is 30.0 Å². The van der Waals surface area contributed by atoms with Gasteiger partial charge in [0.05, 0.1) is 5.56 Å². The van der Waals surface area contributed by atoms with Crippen LogP contribution < -0.4 is 5.32 Å². The Morgan fingerprint density at radius 2 is 1.86 bits per heavy atom. The van der Waals surface area contributed by atoms with E-state index in [2.05, 4.69) is 10.3 Å². The molecule has 0 saturated heterocycles. The van der Waals surface area contributed by atoms with Crippen LogP contribution in [0.1, 0.15) is 23.5 Å². The molecule has 1 N–H and O–H groups in total. The number of rotatable bonds is 3. The molecule has 0 bridgehead atoms. The van der Waals surface area contributed by atoms with Crippen LogP contribution in [0.15, 0.2) is 48.7 Å². The highest BCUT2D eigenvalue weighted by Crippen LogP contribution is 2.47. The number of alkyl halides is 3. The van der Waals surface area contributed by atoms with Gasteiger partial charge in [0.25, 0.3) is 0 Å². The van der Waals surface area contributed by atoms with Crippen LogP contribution in [-0.2, 0) is 11.0 Å². The number of hydrogen-bond acceptors (Lipinski definition) is 2. The summed E-state index contributed by atoms with van der Waals surface area (Å²) in [7, 11) is 0. The molecule has 114 valence electrons. The van der Waals surface area contributed by atoms with E-state index in [9.17, 15) is 18.0 Å². The van der Waals surface area contributed by atoms with Gasteiger partial charge in [-0.25, -0.2) is 4.98 Å². The lowest BCUT2D eigenvalue weighted by atomic mass is 10.1. The topological polar surface area (TPSA) is 42.0 Å². The van der Waals surface area contributed by atoms with Crippen LogP contribution in [0.2, 0.25) is 0 Å². The molecule has 2 unspecified atom stereocenters. The smallest absolute Gasteiger partial charge is 0.310 e. The Morgan fingerprint density at radius 3 is 2.45 bits per heavy atom. The molecular weight excluding hydrogens is 293 g/mol. The summed E-state index contributed by atoms with van der Waals surface area (Å²) in [5.41, 5.74) is 0.266. The Kier molecular flexibility index (Phi) is 3.60. The minimum atomic E-state index is -4.43. The molecule has 3 nitrogen and oxygen atoms in total. The summed E-state index contributed by atoms with van der Waals surface area (Å²) in [5, 5.41) is 2.56. The molecular formula is C16H13F3N2O. The van der Waals surface area contributed by atoms with Gasteiger partial charge in [0.2, 0.25) is 5.91 Å². The van der Waals surface area contributed by atoms with E-state index in [1.165, 1.54) is 6.07 Å². The zero-order valence-electron chi connectivity index (χ0n) is 11.5. The van der Waals surface area contributed by atoms with Gasteiger partial charge in [0.15, 0.2) is 0 Å². The number of nitrogens with zero attached hydrogens (tertiary/aromatic N) is 1. The van der Waals surface area contributed by atoms with Crippen LogP contribution in [0.3, 0.4) is 0 Å². The standard InChI is InChI=1S/C16H13F3N2O/c17-16(18,19)11-6-7-14(20-9-11)21-15(22)13-8-12(13)10-4-2-1-3-5-10/h1-7,9,12-13H,8H2,(H,20,21,22). The molecule has 6 heteroatoms. The van der Waals surface area contributed by atoms with Gasteiger partial charge in [0.1, 0.15) is 5.82 Å². The second kappa shape index (κ2) is 5.44. The first kappa shape index (κ1) is 14.6. The predicted molar refractivity (Wildman–Crippen MR) is 75.2 cm³/mol. The Balaban J connectivity index is 1.61. The zero-order chi connectivity index (χ0) is 15.7. The Morgan fingerprint density at radius 1 is 1.14 bits per heavy atom. The van der Waals surface area contributed by atoms with Crippen LogP contribution in [0, 0.1) is 5.92 Å². The highest BCUT2D eigenvalue weighted by molar-refractivity contribution is 5.94. The summed E-state index contributed by atoms with van der Waals surface area (Å²) >= 11 is 0. The van der Waals surface area contributed by atoms with Crippen molar-refractivity contribution in [1.82, 2.24) is 4.98 Å². The molecule has 1 fully saturated rings. The van der Waals surface area contributed by atoms with Crippen molar-refractivity contribution in [3.8, 4) is 0 Å². The van der Waals surface area contributed by atoms with Gasteiger partial charge in [-0.15, -0.1) is 0 Å². The first-order chi connectivity index (χ1) is 10.4. The average Bonchev–Trinajstić information content (AvgIpc) is 3.28. The van der Waals surface area contributed by atoms with Gasteiger partial charge in [-0.3, -0.25) is 4.79 Å². The second-order valence-corrected chi connectivity index (χ2v) is 5.28. The normalized spacial score (nSPS) is 20.5. The first-order valence-electron chi connectivity index (χ1n) is 6.84. The average molecular weight is 306 g/mol. The van der Waals surface area contributed by atoms with E-state index in [1.54, 1.807) is 0 Å². The molecule has 22 heavy (non-hydrogen) atoms. The number of halogens is 3. The fourth-order valence-electron chi connectivity index (χ4n) is 2.41. The van der Waals surface area contributed by atoms with E-state index in [4.69, 9.17) is 0 Å². The molecule has 1 heterocycles. The largest absolute Gasteiger partial charge is 0.417 e. The van der Waals surface area contributed by atoms with Crippen LogP contribution >= 0.6 is 0 Å². The van der Waals surface area contributed by atoms with Crippen molar-refractivity contribution in [3.63, 3.8) is 0 Å². The number of carbonyl (C=O) groups excluding carboxylic acids is 1. The molecule has 0 aliphatic heterocycles. The van der Waals surface area contributed by atoms with Crippen molar-refractivity contribution in [3.05, 3.63) is 59.8 Å². The van der Waals surface area contributed by atoms with Gasteiger partial charge in [-0.1, -0.05) is 30.3 Å². The predicted octanol–water partition coefficient (Wildman–Crippen LogP) is 3.84. The zero-order valence-corrected chi connectivity index (χ0v) is 11.5. The molecule has 0 spiro atoms. The van der Waals surface area contributed by atoms with E-state index in [-0.39, 0.29) is 23.6 Å². The molecule has 1 amide bonds. The van der Waals surface area contributed by atoms with Crippen LogP contribution in [-0.4, -0.2) is 10.9 Å². The molecule has 1 aliphatic rings. The molecule has 1 saturated carbocycles. The third-order valence-electron chi connectivity index (χ3n) is 3.70. The third kappa shape index (κ3) is 3.10. The van der Waals surface area contributed by atoms with E-state index < -0.39 is 11.7 Å². The van der Waals surface area contributed by atoms with Crippen molar-refractivity contribution < 1.29 is 18.0 Å². The first-order valence-corrected chi connectivity index (χ1v) is 6.84. The van der Waals surface area contributed by atoms with Gasteiger partial charge >= 0.3 is 6.18 Å².